The zero-order valence-corrected chi connectivity index (χ0v) is 29.1. The Kier molecular flexibility index (Phi) is 8.84. The van der Waals surface area contributed by atoms with Crippen LogP contribution in [-0.4, -0.2) is 26.0 Å². The van der Waals surface area contributed by atoms with Crippen LogP contribution in [0.4, 0.5) is 0 Å². The minimum atomic E-state index is 0.299. The molecule has 1 aliphatic heterocycles. The number of aliphatic hydroxyl groups is 1. The van der Waals surface area contributed by atoms with Gasteiger partial charge in [0.15, 0.2) is 0 Å². The standard InChI is InChI=1S/C46H31B.CH5N.CH4O/c1-3-12-30(13-4-1)35-24-22-32-23-25-39-41(31-14-5-2-6-15-31)29-42(40-27-26-38(35)45(32)46(39)40)33-16-11-17-34(28-33)47-43-20-9-7-18-36(43)37-19-8-10-21-44(37)47;2*1-2/h1-9,11-20,22-29H,10,21H2;2H2,1H3;2H,1H3. The summed E-state index contributed by atoms with van der Waals surface area (Å²) in [5.74, 6) is 0. The molecule has 0 fully saturated rings. The summed E-state index contributed by atoms with van der Waals surface area (Å²) in [4.78, 5) is 0. The van der Waals surface area contributed by atoms with Crippen LogP contribution < -0.4 is 16.7 Å². The van der Waals surface area contributed by atoms with Crippen LogP contribution in [0, 0.1) is 0 Å². The van der Waals surface area contributed by atoms with Gasteiger partial charge >= 0.3 is 0 Å². The maximum absolute atomic E-state index is 7.00. The van der Waals surface area contributed by atoms with Gasteiger partial charge in [-0.05, 0) is 103 Å². The third-order valence-electron chi connectivity index (χ3n) is 10.6. The van der Waals surface area contributed by atoms with E-state index in [4.69, 9.17) is 5.11 Å². The number of nitrogens with two attached hydrogens (primary N) is 1. The van der Waals surface area contributed by atoms with Crippen molar-refractivity contribution in [3.8, 4) is 33.4 Å². The molecule has 0 spiro atoms. The van der Waals surface area contributed by atoms with Gasteiger partial charge in [-0.2, -0.15) is 0 Å². The van der Waals surface area contributed by atoms with E-state index in [1.165, 1.54) is 94.8 Å². The highest BCUT2D eigenvalue weighted by Crippen LogP contribution is 2.46. The van der Waals surface area contributed by atoms with Crippen LogP contribution in [0.2, 0.25) is 0 Å². The van der Waals surface area contributed by atoms with Crippen LogP contribution in [0.1, 0.15) is 18.4 Å². The molecule has 8 aromatic rings. The molecule has 0 saturated heterocycles. The van der Waals surface area contributed by atoms with Crippen molar-refractivity contribution in [2.75, 3.05) is 14.2 Å². The summed E-state index contributed by atoms with van der Waals surface area (Å²) in [6.45, 7) is 0.299. The molecule has 3 N–H and O–H groups in total. The molecular formula is C48H40BNO. The lowest BCUT2D eigenvalue weighted by Gasteiger charge is -2.20. The SMILES string of the molecule is C1=CC2=C(CC1)B(c1cccc(-c3cc(-c4ccccc4)c4ccc5ccc(-c6ccccc6)c6ccc3c4c56)c1)c1ccccc12.CN.CO. The van der Waals surface area contributed by atoms with E-state index in [1.807, 2.05) is 0 Å². The lowest BCUT2D eigenvalue weighted by Crippen LogP contribution is -2.42. The van der Waals surface area contributed by atoms with Crippen molar-refractivity contribution in [3.63, 3.8) is 0 Å². The van der Waals surface area contributed by atoms with Gasteiger partial charge in [0.2, 0.25) is 6.71 Å². The molecule has 246 valence electrons. The normalized spacial score (nSPS) is 13.1. The number of aliphatic hydroxyl groups excluding tert-OH is 1. The molecule has 0 bridgehead atoms. The summed E-state index contributed by atoms with van der Waals surface area (Å²) in [6.07, 6.45) is 6.94. The van der Waals surface area contributed by atoms with Gasteiger partial charge in [-0.1, -0.05) is 174 Å². The van der Waals surface area contributed by atoms with Crippen molar-refractivity contribution >= 4 is 55.5 Å². The number of hydrogen-bond acceptors (Lipinski definition) is 2. The topological polar surface area (TPSA) is 46.2 Å². The first kappa shape index (κ1) is 32.5. The van der Waals surface area contributed by atoms with Crippen molar-refractivity contribution in [2.45, 2.75) is 12.8 Å². The van der Waals surface area contributed by atoms with Crippen LogP contribution in [0.25, 0.3) is 71.3 Å². The van der Waals surface area contributed by atoms with Gasteiger partial charge in [0.25, 0.3) is 0 Å². The van der Waals surface area contributed by atoms with E-state index in [-0.39, 0.29) is 0 Å². The summed E-state index contributed by atoms with van der Waals surface area (Å²) >= 11 is 0. The van der Waals surface area contributed by atoms with Crippen LogP contribution in [0.15, 0.2) is 169 Å². The Labute approximate surface area is 300 Å². The molecule has 3 heteroatoms. The second-order valence-corrected chi connectivity index (χ2v) is 13.1. The van der Waals surface area contributed by atoms with Crippen molar-refractivity contribution in [1.29, 1.82) is 0 Å². The zero-order chi connectivity index (χ0) is 34.9. The summed E-state index contributed by atoms with van der Waals surface area (Å²) in [7, 11) is 2.50. The van der Waals surface area contributed by atoms with Crippen molar-refractivity contribution < 1.29 is 5.11 Å². The summed E-state index contributed by atoms with van der Waals surface area (Å²) in [5.41, 5.74) is 19.4. The molecule has 0 saturated carbocycles. The van der Waals surface area contributed by atoms with Gasteiger partial charge < -0.3 is 10.8 Å². The highest BCUT2D eigenvalue weighted by molar-refractivity contribution is 6.93. The highest BCUT2D eigenvalue weighted by Gasteiger charge is 2.35. The number of rotatable bonds is 4. The second kappa shape index (κ2) is 13.9. The molecule has 0 unspecified atom stereocenters. The molecule has 1 aliphatic carbocycles. The van der Waals surface area contributed by atoms with Crippen molar-refractivity contribution in [1.82, 2.24) is 0 Å². The third kappa shape index (κ3) is 5.38. The number of fused-ring (bicyclic) bond motifs is 2. The fraction of sp³-hybridized carbons (Fsp3) is 0.0833. The molecular weight excluding hydrogens is 617 g/mol. The monoisotopic (exact) mass is 657 g/mol. The van der Waals surface area contributed by atoms with Crippen LogP contribution in [0.5, 0.6) is 0 Å². The largest absolute Gasteiger partial charge is 0.400 e. The zero-order valence-electron chi connectivity index (χ0n) is 29.1. The fourth-order valence-electron chi connectivity index (χ4n) is 8.55. The van der Waals surface area contributed by atoms with E-state index in [1.54, 1.807) is 5.47 Å². The molecule has 10 rings (SSSR count). The minimum Gasteiger partial charge on any atom is -0.400 e. The van der Waals surface area contributed by atoms with Gasteiger partial charge in [-0.15, -0.1) is 0 Å². The Hall–Kier alpha value is -5.74. The molecule has 0 amide bonds. The Balaban J connectivity index is 0.000000905. The van der Waals surface area contributed by atoms with Crippen LogP contribution in [-0.2, 0) is 0 Å². The van der Waals surface area contributed by atoms with Crippen LogP contribution in [0.3, 0.4) is 0 Å². The quantitative estimate of drug-likeness (QED) is 0.146. The Morgan fingerprint density at radius 1 is 0.510 bits per heavy atom. The Morgan fingerprint density at radius 3 is 1.84 bits per heavy atom. The van der Waals surface area contributed by atoms with E-state index in [0.29, 0.717) is 6.71 Å². The maximum Gasteiger partial charge on any atom is 0.238 e. The molecule has 0 radical (unpaired) electrons. The highest BCUT2D eigenvalue weighted by atomic mass is 16.2. The molecule has 51 heavy (non-hydrogen) atoms. The molecule has 8 aromatic carbocycles. The molecule has 0 aromatic heterocycles. The third-order valence-corrected chi connectivity index (χ3v) is 10.6. The van der Waals surface area contributed by atoms with Crippen molar-refractivity contribution in [2.24, 2.45) is 5.73 Å². The van der Waals surface area contributed by atoms with Crippen molar-refractivity contribution in [3.05, 3.63) is 175 Å². The average molecular weight is 658 g/mol. The van der Waals surface area contributed by atoms with E-state index in [0.717, 1.165) is 20.0 Å². The minimum absolute atomic E-state index is 0.299. The molecule has 0 atom stereocenters. The van der Waals surface area contributed by atoms with Crippen LogP contribution >= 0.6 is 0 Å². The lowest BCUT2D eigenvalue weighted by atomic mass is 9.37. The first-order valence-corrected chi connectivity index (χ1v) is 17.8. The summed E-state index contributed by atoms with van der Waals surface area (Å²) < 4.78 is 0. The first-order chi connectivity index (χ1) is 25.3. The second-order valence-electron chi connectivity index (χ2n) is 13.1. The summed E-state index contributed by atoms with van der Waals surface area (Å²) in [5, 5.41) is 14.9. The van der Waals surface area contributed by atoms with Gasteiger partial charge in [-0.3, -0.25) is 0 Å². The Bertz CT molecular complexity index is 2570. The lowest BCUT2D eigenvalue weighted by molar-refractivity contribution is 0.399. The molecule has 2 aliphatic rings. The van der Waals surface area contributed by atoms with Gasteiger partial charge in [0.05, 0.1) is 0 Å². The smallest absolute Gasteiger partial charge is 0.238 e. The number of allylic oxidation sites excluding steroid dienone is 4. The molecule has 2 nitrogen and oxygen atoms in total. The first-order valence-electron chi connectivity index (χ1n) is 17.8. The van der Waals surface area contributed by atoms with E-state index < -0.39 is 0 Å². The number of hydrogen-bond donors (Lipinski definition) is 2. The van der Waals surface area contributed by atoms with E-state index in [9.17, 15) is 0 Å². The Morgan fingerprint density at radius 2 is 1.10 bits per heavy atom. The van der Waals surface area contributed by atoms with Gasteiger partial charge in [-0.25, -0.2) is 0 Å². The maximum atomic E-state index is 7.00. The van der Waals surface area contributed by atoms with Gasteiger partial charge in [0.1, 0.15) is 0 Å². The average Bonchev–Trinajstić information content (AvgIpc) is 3.56. The predicted octanol–water partition coefficient (Wildman–Crippen LogP) is 10.0. The van der Waals surface area contributed by atoms with E-state index >= 15 is 0 Å². The summed E-state index contributed by atoms with van der Waals surface area (Å²) in [6, 6.07) is 56.6. The predicted molar refractivity (Wildman–Crippen MR) is 221 cm³/mol. The number of benzene rings is 8. The van der Waals surface area contributed by atoms with Gasteiger partial charge in [0, 0.05) is 7.11 Å². The fourth-order valence-corrected chi connectivity index (χ4v) is 8.55. The van der Waals surface area contributed by atoms with E-state index in [2.05, 4.69) is 170 Å². The molecule has 1 heterocycles.